The summed E-state index contributed by atoms with van der Waals surface area (Å²) in [5.41, 5.74) is 2.77. The van der Waals surface area contributed by atoms with Crippen molar-refractivity contribution in [3.05, 3.63) is 95.6 Å². The topological polar surface area (TPSA) is 96.0 Å². The number of methoxy groups -OCH3 is 1. The molecule has 0 aliphatic heterocycles. The lowest BCUT2D eigenvalue weighted by molar-refractivity contribution is -0.140. The zero-order valence-electron chi connectivity index (χ0n) is 22.3. The predicted octanol–water partition coefficient (Wildman–Crippen LogP) is 3.55. The van der Waals surface area contributed by atoms with Gasteiger partial charge in [-0.15, -0.1) is 0 Å². The molecule has 0 aliphatic carbocycles. The largest absolute Gasteiger partial charge is 0.497 e. The second kappa shape index (κ2) is 13.1. The van der Waals surface area contributed by atoms with Crippen LogP contribution in [-0.4, -0.2) is 57.6 Å². The normalized spacial score (nSPS) is 11.9. The number of nitrogens with zero attached hydrogens (tertiary/aromatic N) is 2. The number of anilines is 1. The maximum Gasteiger partial charge on any atom is 0.244 e. The van der Waals surface area contributed by atoms with E-state index < -0.39 is 28.5 Å². The number of rotatable bonds is 12. The van der Waals surface area contributed by atoms with Crippen LogP contribution < -0.4 is 14.4 Å². The fourth-order valence-electron chi connectivity index (χ4n) is 4.25. The first-order valence-electron chi connectivity index (χ1n) is 12.4. The Morgan fingerprint density at radius 1 is 0.947 bits per heavy atom. The number of likely N-dealkylation sites (N-methyl/N-ethyl adjacent to an activating group) is 1. The van der Waals surface area contributed by atoms with Crippen molar-refractivity contribution in [1.82, 2.24) is 10.2 Å². The fourth-order valence-corrected chi connectivity index (χ4v) is 5.16. The van der Waals surface area contributed by atoms with E-state index in [0.29, 0.717) is 18.0 Å². The number of benzene rings is 3. The second-order valence-corrected chi connectivity index (χ2v) is 10.9. The van der Waals surface area contributed by atoms with Gasteiger partial charge in [0, 0.05) is 19.5 Å². The summed E-state index contributed by atoms with van der Waals surface area (Å²) in [4.78, 5) is 28.8. The van der Waals surface area contributed by atoms with Crippen LogP contribution >= 0.6 is 0 Å². The summed E-state index contributed by atoms with van der Waals surface area (Å²) in [7, 11) is -2.25. The Morgan fingerprint density at radius 3 is 2.24 bits per heavy atom. The molecule has 0 radical (unpaired) electrons. The number of ether oxygens (including phenoxy) is 1. The SMILES string of the molecule is CCNC(=O)[C@H](Cc1ccccc1)N(Cc1cccc(OC)c1)C(=O)CN(c1ccccc1C)S(C)(=O)=O. The highest BCUT2D eigenvalue weighted by atomic mass is 32.2. The Balaban J connectivity index is 2.06. The van der Waals surface area contributed by atoms with E-state index in [1.54, 1.807) is 50.4 Å². The molecule has 3 aromatic rings. The van der Waals surface area contributed by atoms with E-state index in [0.717, 1.165) is 27.3 Å². The van der Waals surface area contributed by atoms with Gasteiger partial charge in [-0.1, -0.05) is 60.7 Å². The van der Waals surface area contributed by atoms with Crippen LogP contribution in [0.25, 0.3) is 0 Å². The summed E-state index contributed by atoms with van der Waals surface area (Å²) in [6.45, 7) is 3.65. The van der Waals surface area contributed by atoms with E-state index in [4.69, 9.17) is 4.74 Å². The molecule has 38 heavy (non-hydrogen) atoms. The number of sulfonamides is 1. The van der Waals surface area contributed by atoms with Crippen molar-refractivity contribution in [2.75, 3.05) is 30.8 Å². The number of carbonyl (C=O) groups excluding carboxylic acids is 2. The number of para-hydroxylation sites is 1. The molecule has 0 aliphatic rings. The van der Waals surface area contributed by atoms with Crippen molar-refractivity contribution in [3.63, 3.8) is 0 Å². The Labute approximate surface area is 225 Å². The summed E-state index contributed by atoms with van der Waals surface area (Å²) in [5, 5.41) is 2.84. The maximum atomic E-state index is 14.0. The lowest BCUT2D eigenvalue weighted by Crippen LogP contribution is -2.53. The first-order valence-corrected chi connectivity index (χ1v) is 14.3. The van der Waals surface area contributed by atoms with Crippen LogP contribution in [0.3, 0.4) is 0 Å². The van der Waals surface area contributed by atoms with E-state index in [2.05, 4.69) is 5.32 Å². The average Bonchev–Trinajstić information content (AvgIpc) is 2.90. The van der Waals surface area contributed by atoms with E-state index in [9.17, 15) is 18.0 Å². The summed E-state index contributed by atoms with van der Waals surface area (Å²) in [6, 6.07) is 22.8. The highest BCUT2D eigenvalue weighted by Gasteiger charge is 2.33. The standard InChI is InChI=1S/C29H35N3O5S/c1-5-30-29(34)27(19-23-13-7-6-8-14-23)31(20-24-15-11-16-25(18-24)37-3)28(33)21-32(38(4,35)36)26-17-10-9-12-22(26)2/h6-18,27H,5,19-21H2,1-4H3,(H,30,34)/t27-/m0/s1. The van der Waals surface area contributed by atoms with Gasteiger partial charge in [-0.2, -0.15) is 0 Å². The van der Waals surface area contributed by atoms with Gasteiger partial charge in [0.15, 0.2) is 0 Å². The minimum absolute atomic E-state index is 0.0933. The van der Waals surface area contributed by atoms with E-state index in [-0.39, 0.29) is 18.9 Å². The minimum Gasteiger partial charge on any atom is -0.497 e. The molecular formula is C29H35N3O5S. The molecule has 9 heteroatoms. The van der Waals surface area contributed by atoms with Crippen LogP contribution in [0.2, 0.25) is 0 Å². The summed E-state index contributed by atoms with van der Waals surface area (Å²) < 4.78 is 32.1. The van der Waals surface area contributed by atoms with Gasteiger partial charge >= 0.3 is 0 Å². The van der Waals surface area contributed by atoms with Crippen molar-refractivity contribution in [3.8, 4) is 5.75 Å². The van der Waals surface area contributed by atoms with Crippen LogP contribution in [0.4, 0.5) is 5.69 Å². The van der Waals surface area contributed by atoms with E-state index >= 15 is 0 Å². The molecule has 8 nitrogen and oxygen atoms in total. The average molecular weight is 538 g/mol. The molecule has 0 saturated heterocycles. The molecule has 202 valence electrons. The molecule has 1 N–H and O–H groups in total. The van der Waals surface area contributed by atoms with Gasteiger partial charge in [0.1, 0.15) is 18.3 Å². The third-order valence-corrected chi connectivity index (χ3v) is 7.30. The summed E-state index contributed by atoms with van der Waals surface area (Å²) in [6.07, 6.45) is 1.34. The number of aryl methyl sites for hydroxylation is 1. The Kier molecular flexibility index (Phi) is 9.90. The van der Waals surface area contributed by atoms with E-state index in [1.165, 1.54) is 4.90 Å². The smallest absolute Gasteiger partial charge is 0.244 e. The molecular weight excluding hydrogens is 502 g/mol. The zero-order valence-corrected chi connectivity index (χ0v) is 23.1. The van der Waals surface area contributed by atoms with Crippen molar-refractivity contribution < 1.29 is 22.7 Å². The van der Waals surface area contributed by atoms with Gasteiger partial charge in [-0.3, -0.25) is 13.9 Å². The molecule has 3 rings (SSSR count). The van der Waals surface area contributed by atoms with Gasteiger partial charge in [0.25, 0.3) is 0 Å². The zero-order chi connectivity index (χ0) is 27.7. The quantitative estimate of drug-likeness (QED) is 0.381. The van der Waals surface area contributed by atoms with Gasteiger partial charge in [-0.25, -0.2) is 8.42 Å². The van der Waals surface area contributed by atoms with Crippen LogP contribution in [-0.2, 0) is 32.6 Å². The third kappa shape index (κ3) is 7.58. The number of amides is 2. The van der Waals surface area contributed by atoms with Gasteiger partial charge in [-0.05, 0) is 48.7 Å². The number of carbonyl (C=O) groups is 2. The maximum absolute atomic E-state index is 14.0. The summed E-state index contributed by atoms with van der Waals surface area (Å²) in [5.74, 6) is -0.187. The first-order chi connectivity index (χ1) is 18.1. The Morgan fingerprint density at radius 2 is 1.61 bits per heavy atom. The van der Waals surface area contributed by atoms with Crippen LogP contribution in [0.1, 0.15) is 23.6 Å². The van der Waals surface area contributed by atoms with E-state index in [1.807, 2.05) is 49.4 Å². The van der Waals surface area contributed by atoms with Gasteiger partial charge in [0.05, 0.1) is 19.1 Å². The van der Waals surface area contributed by atoms with Crippen molar-refractivity contribution >= 4 is 27.5 Å². The second-order valence-electron chi connectivity index (χ2n) is 9.03. The van der Waals surface area contributed by atoms with Crippen LogP contribution in [0.15, 0.2) is 78.9 Å². The van der Waals surface area contributed by atoms with Gasteiger partial charge in [0.2, 0.25) is 21.8 Å². The third-order valence-electron chi connectivity index (χ3n) is 6.17. The molecule has 0 spiro atoms. The molecule has 0 saturated carbocycles. The molecule has 3 aromatic carbocycles. The van der Waals surface area contributed by atoms with Crippen LogP contribution in [0.5, 0.6) is 5.75 Å². The molecule has 0 bridgehead atoms. The minimum atomic E-state index is -3.80. The lowest BCUT2D eigenvalue weighted by atomic mass is 10.0. The molecule has 0 fully saturated rings. The van der Waals surface area contributed by atoms with Gasteiger partial charge < -0.3 is 15.0 Å². The highest BCUT2D eigenvalue weighted by molar-refractivity contribution is 7.92. The molecule has 1 atom stereocenters. The number of hydrogen-bond donors (Lipinski definition) is 1. The monoisotopic (exact) mass is 537 g/mol. The lowest BCUT2D eigenvalue weighted by Gasteiger charge is -2.33. The summed E-state index contributed by atoms with van der Waals surface area (Å²) >= 11 is 0. The fraction of sp³-hybridized carbons (Fsp3) is 0.310. The van der Waals surface area contributed by atoms with Crippen molar-refractivity contribution in [2.45, 2.75) is 32.9 Å². The van der Waals surface area contributed by atoms with Crippen LogP contribution in [0, 0.1) is 6.92 Å². The molecule has 0 aromatic heterocycles. The Bertz CT molecular complexity index is 1350. The predicted molar refractivity (Wildman–Crippen MR) is 150 cm³/mol. The molecule has 0 heterocycles. The molecule has 0 unspecified atom stereocenters. The Hall–Kier alpha value is -3.85. The molecule has 2 amide bonds. The number of nitrogens with one attached hydrogen (secondary N) is 1. The van der Waals surface area contributed by atoms with Crippen molar-refractivity contribution in [1.29, 1.82) is 0 Å². The first kappa shape index (κ1) is 28.7. The highest BCUT2D eigenvalue weighted by Crippen LogP contribution is 2.24. The number of hydrogen-bond acceptors (Lipinski definition) is 5. The van der Waals surface area contributed by atoms with Crippen molar-refractivity contribution in [2.24, 2.45) is 0 Å².